The van der Waals surface area contributed by atoms with Gasteiger partial charge >= 0.3 is 0 Å². The molecule has 98 valence electrons. The first-order valence-corrected chi connectivity index (χ1v) is 6.40. The summed E-state index contributed by atoms with van der Waals surface area (Å²) in [4.78, 5) is 4.27. The van der Waals surface area contributed by atoms with Gasteiger partial charge in [0.15, 0.2) is 0 Å². The topological polar surface area (TPSA) is 52.0 Å². The zero-order chi connectivity index (χ0) is 12.5. The monoisotopic (exact) mass is 240 g/mol. The third-order valence-corrected chi connectivity index (χ3v) is 2.56. The van der Waals surface area contributed by atoms with E-state index in [2.05, 4.69) is 15.4 Å². The minimum absolute atomic E-state index is 0.818. The molecule has 0 radical (unpaired) electrons. The molecule has 1 rings (SSSR count). The van der Waals surface area contributed by atoms with Crippen LogP contribution < -0.4 is 5.32 Å². The summed E-state index contributed by atoms with van der Waals surface area (Å²) in [7, 11) is 0. The lowest BCUT2D eigenvalue weighted by Crippen LogP contribution is -2.22. The summed E-state index contributed by atoms with van der Waals surface area (Å²) in [5.74, 6) is 1.83. The fraction of sp³-hybridized carbons (Fsp3) is 0.833. The third kappa shape index (κ3) is 5.79. The molecule has 0 spiro atoms. The number of nitrogens with one attached hydrogen (secondary N) is 1. The molecule has 0 saturated carbocycles. The zero-order valence-corrected chi connectivity index (χ0v) is 11.2. The Morgan fingerprint density at radius 1 is 1.24 bits per heavy atom. The van der Waals surface area contributed by atoms with E-state index in [1.165, 1.54) is 0 Å². The van der Waals surface area contributed by atoms with Gasteiger partial charge in [-0.15, -0.1) is 0 Å². The summed E-state index contributed by atoms with van der Waals surface area (Å²) in [6.07, 6.45) is 2.29. The summed E-state index contributed by atoms with van der Waals surface area (Å²) in [5, 5.41) is 7.72. The highest BCUT2D eigenvalue weighted by Crippen LogP contribution is 1.94. The predicted molar refractivity (Wildman–Crippen MR) is 68.1 cm³/mol. The van der Waals surface area contributed by atoms with Crippen LogP contribution in [-0.2, 0) is 11.3 Å². The lowest BCUT2D eigenvalue weighted by molar-refractivity contribution is 0.143. The van der Waals surface area contributed by atoms with Crippen LogP contribution in [0, 0.1) is 13.8 Å². The number of hydrogen-bond donors (Lipinski definition) is 1. The maximum absolute atomic E-state index is 5.28. The minimum Gasteiger partial charge on any atom is -0.382 e. The van der Waals surface area contributed by atoms with Gasteiger partial charge in [0.1, 0.15) is 11.6 Å². The van der Waals surface area contributed by atoms with Crippen molar-refractivity contribution in [2.45, 2.75) is 40.2 Å². The average molecular weight is 240 g/mol. The molecular formula is C12H24N4O. The molecule has 0 aliphatic rings. The summed E-state index contributed by atoms with van der Waals surface area (Å²) in [6, 6.07) is 0. The number of aryl methyl sites for hydroxylation is 2. The van der Waals surface area contributed by atoms with Crippen LogP contribution in [0.1, 0.15) is 31.4 Å². The van der Waals surface area contributed by atoms with Crippen LogP contribution in [-0.4, -0.2) is 41.1 Å². The number of hydrogen-bond acceptors (Lipinski definition) is 4. The van der Waals surface area contributed by atoms with Gasteiger partial charge in [0, 0.05) is 19.8 Å². The van der Waals surface area contributed by atoms with Gasteiger partial charge in [-0.3, -0.25) is 0 Å². The van der Waals surface area contributed by atoms with E-state index in [9.17, 15) is 0 Å². The third-order valence-electron chi connectivity index (χ3n) is 2.56. The lowest BCUT2D eigenvalue weighted by atomic mass is 10.3. The number of ether oxygens (including phenoxy) is 1. The maximum Gasteiger partial charge on any atom is 0.147 e. The van der Waals surface area contributed by atoms with Gasteiger partial charge in [-0.1, -0.05) is 0 Å². The first-order chi connectivity index (χ1) is 8.24. The molecule has 0 fully saturated rings. The van der Waals surface area contributed by atoms with E-state index in [1.54, 1.807) is 0 Å². The molecule has 0 bridgehead atoms. The smallest absolute Gasteiger partial charge is 0.147 e. The second kappa shape index (κ2) is 8.20. The first kappa shape index (κ1) is 14.1. The molecule has 0 aliphatic heterocycles. The van der Waals surface area contributed by atoms with E-state index >= 15 is 0 Å². The molecule has 1 N–H and O–H groups in total. The second-order valence-corrected chi connectivity index (χ2v) is 4.08. The minimum atomic E-state index is 0.818. The molecule has 5 heteroatoms. The van der Waals surface area contributed by atoms with Crippen molar-refractivity contribution in [1.82, 2.24) is 20.1 Å². The quantitative estimate of drug-likeness (QED) is 0.661. The van der Waals surface area contributed by atoms with Crippen LogP contribution in [0.2, 0.25) is 0 Å². The van der Waals surface area contributed by atoms with Gasteiger partial charge in [-0.2, -0.15) is 5.10 Å². The van der Waals surface area contributed by atoms with E-state index in [0.717, 1.165) is 57.3 Å². The molecule has 0 saturated heterocycles. The molecule has 0 atom stereocenters. The Labute approximate surface area is 104 Å². The van der Waals surface area contributed by atoms with Crippen LogP contribution in [0.3, 0.4) is 0 Å². The molecule has 5 nitrogen and oxygen atoms in total. The van der Waals surface area contributed by atoms with Gasteiger partial charge in [0.2, 0.25) is 0 Å². The fourth-order valence-electron chi connectivity index (χ4n) is 1.68. The zero-order valence-electron chi connectivity index (χ0n) is 11.2. The lowest BCUT2D eigenvalue weighted by Gasteiger charge is -2.06. The number of aromatic nitrogens is 3. The van der Waals surface area contributed by atoms with Gasteiger partial charge in [0.25, 0.3) is 0 Å². The maximum atomic E-state index is 5.28. The fourth-order valence-corrected chi connectivity index (χ4v) is 1.68. The van der Waals surface area contributed by atoms with Crippen molar-refractivity contribution in [3.63, 3.8) is 0 Å². The molecule has 0 aromatic carbocycles. The van der Waals surface area contributed by atoms with E-state index in [-0.39, 0.29) is 0 Å². The molecule has 0 unspecified atom stereocenters. The molecule has 0 aliphatic carbocycles. The Bertz CT molecular complexity index is 311. The van der Waals surface area contributed by atoms with Crippen molar-refractivity contribution >= 4 is 0 Å². The Kier molecular flexibility index (Phi) is 6.81. The van der Waals surface area contributed by atoms with Gasteiger partial charge in [-0.25, -0.2) is 9.67 Å². The number of nitrogens with zero attached hydrogens (tertiary/aromatic N) is 3. The van der Waals surface area contributed by atoms with Crippen LogP contribution in [0.25, 0.3) is 0 Å². The van der Waals surface area contributed by atoms with Crippen LogP contribution in [0.4, 0.5) is 0 Å². The van der Waals surface area contributed by atoms with Gasteiger partial charge in [0.05, 0.1) is 6.54 Å². The highest BCUT2D eigenvalue weighted by atomic mass is 16.5. The Morgan fingerprint density at radius 3 is 2.71 bits per heavy atom. The summed E-state index contributed by atoms with van der Waals surface area (Å²) in [5.41, 5.74) is 0. The van der Waals surface area contributed by atoms with Crippen molar-refractivity contribution in [1.29, 1.82) is 0 Å². The van der Waals surface area contributed by atoms with Crippen molar-refractivity contribution in [3.05, 3.63) is 11.6 Å². The van der Waals surface area contributed by atoms with Crippen LogP contribution >= 0.6 is 0 Å². The Hall–Kier alpha value is -0.940. The van der Waals surface area contributed by atoms with Crippen molar-refractivity contribution in [3.8, 4) is 0 Å². The number of rotatable bonds is 9. The standard InChI is InChI=1S/C12H24N4O/c1-4-17-10-6-5-7-13-8-9-16-12(3)14-11(2)15-16/h13H,4-10H2,1-3H3. The largest absolute Gasteiger partial charge is 0.382 e. The van der Waals surface area contributed by atoms with E-state index in [1.807, 2.05) is 25.5 Å². The molecule has 17 heavy (non-hydrogen) atoms. The Balaban J connectivity index is 1.99. The Morgan fingerprint density at radius 2 is 2.06 bits per heavy atom. The normalized spacial score (nSPS) is 11.0. The SMILES string of the molecule is CCOCCCCNCCn1nc(C)nc1C. The second-order valence-electron chi connectivity index (χ2n) is 4.08. The number of unbranched alkanes of at least 4 members (excludes halogenated alkanes) is 1. The molecule has 1 aromatic heterocycles. The molecule has 1 heterocycles. The molecular weight excluding hydrogens is 216 g/mol. The predicted octanol–water partition coefficient (Wildman–Crippen LogP) is 1.30. The van der Waals surface area contributed by atoms with Crippen molar-refractivity contribution in [2.24, 2.45) is 0 Å². The summed E-state index contributed by atoms with van der Waals surface area (Å²) < 4.78 is 7.22. The van der Waals surface area contributed by atoms with Crippen LogP contribution in [0.5, 0.6) is 0 Å². The molecule has 0 amide bonds. The molecule has 1 aromatic rings. The average Bonchev–Trinajstić information content (AvgIpc) is 2.61. The summed E-state index contributed by atoms with van der Waals surface area (Å²) >= 11 is 0. The van der Waals surface area contributed by atoms with E-state index in [4.69, 9.17) is 4.74 Å². The first-order valence-electron chi connectivity index (χ1n) is 6.40. The van der Waals surface area contributed by atoms with Crippen molar-refractivity contribution in [2.75, 3.05) is 26.3 Å². The van der Waals surface area contributed by atoms with Gasteiger partial charge < -0.3 is 10.1 Å². The highest BCUT2D eigenvalue weighted by molar-refractivity contribution is 4.87. The van der Waals surface area contributed by atoms with E-state index < -0.39 is 0 Å². The van der Waals surface area contributed by atoms with Crippen molar-refractivity contribution < 1.29 is 4.74 Å². The van der Waals surface area contributed by atoms with Gasteiger partial charge in [-0.05, 0) is 40.2 Å². The summed E-state index contributed by atoms with van der Waals surface area (Å²) in [6.45, 7) is 10.5. The van der Waals surface area contributed by atoms with E-state index in [0.29, 0.717) is 0 Å². The highest BCUT2D eigenvalue weighted by Gasteiger charge is 2.00. The van der Waals surface area contributed by atoms with Crippen LogP contribution in [0.15, 0.2) is 0 Å².